The van der Waals surface area contributed by atoms with Crippen molar-refractivity contribution in [3.05, 3.63) is 37.0 Å². The van der Waals surface area contributed by atoms with Crippen molar-refractivity contribution in [3.8, 4) is 0 Å². The van der Waals surface area contributed by atoms with Gasteiger partial charge < -0.3 is 0 Å². The van der Waals surface area contributed by atoms with Gasteiger partial charge >= 0.3 is 0 Å². The molecule has 0 aromatic rings. The molecule has 0 fully saturated rings. The molecule has 0 heterocycles. The first kappa shape index (κ1) is 25.2. The molecule has 0 aliphatic rings. The number of hydrogen-bond acceptors (Lipinski definition) is 0. The maximum absolute atomic E-state index is 3.93. The van der Waals surface area contributed by atoms with E-state index < -0.39 is 0 Å². The van der Waals surface area contributed by atoms with E-state index in [1.807, 2.05) is 39.8 Å². The van der Waals surface area contributed by atoms with E-state index in [0.29, 0.717) is 5.92 Å². The predicted molar refractivity (Wildman–Crippen MR) is 86.6 cm³/mol. The smallest absolute Gasteiger partial charge is 0.0199 e. The van der Waals surface area contributed by atoms with Crippen LogP contribution in [0.15, 0.2) is 37.0 Å². The van der Waals surface area contributed by atoms with Crippen LogP contribution in [0.4, 0.5) is 0 Å². The Morgan fingerprint density at radius 3 is 1.65 bits per heavy atom. The molecule has 0 bridgehead atoms. The molecule has 0 heteroatoms. The lowest BCUT2D eigenvalue weighted by Crippen LogP contribution is -1.92. The Morgan fingerprint density at radius 2 is 1.41 bits per heavy atom. The molecule has 0 aromatic heterocycles. The lowest BCUT2D eigenvalue weighted by Gasteiger charge is -2.06. The Bertz CT molecular complexity index is 151. The first-order valence-corrected chi connectivity index (χ1v) is 7.11. The average Bonchev–Trinajstić information content (AvgIpc) is 2.40. The van der Waals surface area contributed by atoms with Crippen molar-refractivity contribution in [2.45, 2.75) is 68.2 Å². The fourth-order valence-corrected chi connectivity index (χ4v) is 0.618. The summed E-state index contributed by atoms with van der Waals surface area (Å²) >= 11 is 0. The van der Waals surface area contributed by atoms with E-state index in [4.69, 9.17) is 0 Å². The van der Waals surface area contributed by atoms with Crippen molar-refractivity contribution in [3.63, 3.8) is 0 Å². The van der Waals surface area contributed by atoms with Gasteiger partial charge in [0.1, 0.15) is 0 Å². The Hall–Kier alpha value is -0.780. The summed E-state index contributed by atoms with van der Waals surface area (Å²) in [5, 5.41) is 0. The largest absolute Gasteiger partial charge is 0.0991 e. The zero-order chi connectivity index (χ0) is 14.7. The van der Waals surface area contributed by atoms with E-state index >= 15 is 0 Å². The van der Waals surface area contributed by atoms with Crippen molar-refractivity contribution in [1.82, 2.24) is 0 Å². The van der Waals surface area contributed by atoms with Gasteiger partial charge in [0.2, 0.25) is 0 Å². The van der Waals surface area contributed by atoms with E-state index in [0.717, 1.165) is 6.42 Å². The first-order valence-electron chi connectivity index (χ1n) is 7.11. The third-order valence-corrected chi connectivity index (χ3v) is 1.69. The Balaban J connectivity index is -0.000000102. The van der Waals surface area contributed by atoms with Gasteiger partial charge in [-0.1, -0.05) is 98.8 Å². The summed E-state index contributed by atoms with van der Waals surface area (Å²) in [5.41, 5.74) is 1.18. The molecule has 0 aromatic carbocycles. The van der Waals surface area contributed by atoms with Crippen molar-refractivity contribution >= 4 is 0 Å². The SMILES string of the molecule is C=C/C=C\C(=C)C(C)CC.CC.CC.CCC. The van der Waals surface area contributed by atoms with Crippen LogP contribution < -0.4 is 0 Å². The average molecular weight is 240 g/mol. The van der Waals surface area contributed by atoms with Crippen LogP contribution in [0.25, 0.3) is 0 Å². The number of rotatable bonds is 4. The standard InChI is InChI=1S/C10H16.C3H8.2C2H6/c1-5-7-8-10(4)9(3)6-2;1-3-2;2*1-2/h5,7-9H,1,4,6H2,2-3H3;3H2,1-2H3;2*1-2H3/b8-7-;;;. The molecule has 1 unspecified atom stereocenters. The molecule has 17 heavy (non-hydrogen) atoms. The summed E-state index contributed by atoms with van der Waals surface area (Å²) in [4.78, 5) is 0. The second kappa shape index (κ2) is 29.5. The fraction of sp³-hybridized carbons (Fsp3) is 0.647. The first-order chi connectivity index (χ1) is 8.13. The van der Waals surface area contributed by atoms with Crippen LogP contribution in [0.1, 0.15) is 68.2 Å². The molecular weight excluding hydrogens is 204 g/mol. The minimum atomic E-state index is 0.594. The summed E-state index contributed by atoms with van der Waals surface area (Å²) in [6.07, 6.45) is 8.11. The van der Waals surface area contributed by atoms with Crippen LogP contribution in [-0.4, -0.2) is 0 Å². The highest BCUT2D eigenvalue weighted by atomic mass is 14.0. The summed E-state index contributed by atoms with van der Waals surface area (Å²) in [7, 11) is 0. The molecule has 0 rings (SSSR count). The molecule has 1 atom stereocenters. The zero-order valence-corrected chi connectivity index (χ0v) is 13.6. The van der Waals surface area contributed by atoms with Crippen LogP contribution >= 0.6 is 0 Å². The van der Waals surface area contributed by atoms with E-state index in [1.165, 1.54) is 12.0 Å². The molecule has 0 saturated heterocycles. The van der Waals surface area contributed by atoms with Gasteiger partial charge in [0.05, 0.1) is 0 Å². The molecule has 0 nitrogen and oxygen atoms in total. The van der Waals surface area contributed by atoms with Crippen molar-refractivity contribution < 1.29 is 0 Å². The van der Waals surface area contributed by atoms with Gasteiger partial charge in [-0.15, -0.1) is 0 Å². The van der Waals surface area contributed by atoms with Gasteiger partial charge in [0, 0.05) is 0 Å². The third kappa shape index (κ3) is 31.3. The van der Waals surface area contributed by atoms with Crippen LogP contribution in [0, 0.1) is 5.92 Å². The second-order valence-corrected chi connectivity index (χ2v) is 3.19. The quantitative estimate of drug-likeness (QED) is 0.474. The molecule has 0 amide bonds. The van der Waals surface area contributed by atoms with E-state index in [-0.39, 0.29) is 0 Å². The maximum atomic E-state index is 3.93. The normalized spacial score (nSPS) is 9.65. The monoisotopic (exact) mass is 240 g/mol. The number of allylic oxidation sites excluding steroid dienone is 4. The summed E-state index contributed by atoms with van der Waals surface area (Å²) in [6, 6.07) is 0. The molecule has 0 saturated carbocycles. The van der Waals surface area contributed by atoms with Crippen molar-refractivity contribution in [1.29, 1.82) is 0 Å². The van der Waals surface area contributed by atoms with Gasteiger partial charge in [0.25, 0.3) is 0 Å². The third-order valence-electron chi connectivity index (χ3n) is 1.69. The Kier molecular flexibility index (Phi) is 43.6. The summed E-state index contributed by atoms with van der Waals surface area (Å²) in [6.45, 7) is 24.1. The maximum Gasteiger partial charge on any atom is -0.0199 e. The molecule has 0 radical (unpaired) electrons. The fourth-order valence-electron chi connectivity index (χ4n) is 0.618. The van der Waals surface area contributed by atoms with Gasteiger partial charge in [-0.05, 0) is 12.3 Å². The predicted octanol–water partition coefficient (Wildman–Crippen LogP) is 6.80. The van der Waals surface area contributed by atoms with E-state index in [2.05, 4.69) is 40.9 Å². The van der Waals surface area contributed by atoms with Crippen LogP contribution in [0.5, 0.6) is 0 Å². The molecular formula is C17H36. The molecule has 0 aliphatic heterocycles. The molecule has 0 aliphatic carbocycles. The van der Waals surface area contributed by atoms with Crippen LogP contribution in [0.2, 0.25) is 0 Å². The zero-order valence-electron chi connectivity index (χ0n) is 13.6. The van der Waals surface area contributed by atoms with Gasteiger partial charge in [-0.3, -0.25) is 0 Å². The minimum absolute atomic E-state index is 0.594. The van der Waals surface area contributed by atoms with Gasteiger partial charge in [-0.25, -0.2) is 0 Å². The van der Waals surface area contributed by atoms with Crippen molar-refractivity contribution in [2.24, 2.45) is 5.92 Å². The van der Waals surface area contributed by atoms with Crippen LogP contribution in [-0.2, 0) is 0 Å². The highest BCUT2D eigenvalue weighted by Crippen LogP contribution is 2.12. The summed E-state index contributed by atoms with van der Waals surface area (Å²) in [5.74, 6) is 0.594. The van der Waals surface area contributed by atoms with Gasteiger partial charge in [-0.2, -0.15) is 0 Å². The Morgan fingerprint density at radius 1 is 1.06 bits per heavy atom. The van der Waals surface area contributed by atoms with Gasteiger partial charge in [0.15, 0.2) is 0 Å². The van der Waals surface area contributed by atoms with Crippen molar-refractivity contribution in [2.75, 3.05) is 0 Å². The molecule has 104 valence electrons. The van der Waals surface area contributed by atoms with E-state index in [1.54, 1.807) is 6.08 Å². The topological polar surface area (TPSA) is 0 Å². The summed E-state index contributed by atoms with van der Waals surface area (Å²) < 4.78 is 0. The number of hydrogen-bond donors (Lipinski definition) is 0. The highest BCUT2D eigenvalue weighted by molar-refractivity contribution is 5.19. The van der Waals surface area contributed by atoms with Crippen LogP contribution in [0.3, 0.4) is 0 Å². The second-order valence-electron chi connectivity index (χ2n) is 3.19. The molecule has 0 N–H and O–H groups in total. The van der Waals surface area contributed by atoms with E-state index in [9.17, 15) is 0 Å². The highest BCUT2D eigenvalue weighted by Gasteiger charge is 1.97. The molecule has 0 spiro atoms. The minimum Gasteiger partial charge on any atom is -0.0991 e. The lowest BCUT2D eigenvalue weighted by atomic mass is 10.00. The Labute approximate surface area is 112 Å². The lowest BCUT2D eigenvalue weighted by molar-refractivity contribution is 0.673.